The third-order valence-corrected chi connectivity index (χ3v) is 6.43. The molecule has 0 bridgehead atoms. The van der Waals surface area contributed by atoms with Crippen molar-refractivity contribution in [1.82, 2.24) is 14.6 Å². The molecule has 1 aliphatic heterocycles. The third kappa shape index (κ3) is 3.24. The Morgan fingerprint density at radius 2 is 2.16 bits per heavy atom. The number of carbonyl (C=O) groups excluding carboxylic acids is 1. The van der Waals surface area contributed by atoms with E-state index in [4.69, 9.17) is 4.74 Å². The number of pyridine rings is 1. The SMILES string of the molecule is CNCC1CCN(S(=O)(=O)c2cccc3c(C(=O)OC)nccc23)C1. The molecule has 1 N–H and O–H groups in total. The Morgan fingerprint density at radius 1 is 1.36 bits per heavy atom. The van der Waals surface area contributed by atoms with E-state index in [0.717, 1.165) is 13.0 Å². The number of ether oxygens (including phenoxy) is 1. The highest BCUT2D eigenvalue weighted by Gasteiger charge is 2.33. The van der Waals surface area contributed by atoms with E-state index in [2.05, 4.69) is 10.3 Å². The van der Waals surface area contributed by atoms with Gasteiger partial charge in [0.2, 0.25) is 10.0 Å². The number of esters is 1. The standard InChI is InChI=1S/C17H21N3O4S/c1-18-10-12-7-9-20(11-12)25(22,23)15-5-3-4-14-13(15)6-8-19-16(14)17(21)24-2/h3-6,8,12,18H,7,9-11H2,1-2H3. The van der Waals surface area contributed by atoms with Crippen molar-refractivity contribution in [3.05, 3.63) is 36.2 Å². The predicted molar refractivity (Wildman–Crippen MR) is 93.9 cm³/mol. The molecule has 1 aromatic carbocycles. The van der Waals surface area contributed by atoms with Gasteiger partial charge >= 0.3 is 5.97 Å². The van der Waals surface area contributed by atoms with Gasteiger partial charge in [-0.15, -0.1) is 0 Å². The van der Waals surface area contributed by atoms with Crippen molar-refractivity contribution in [3.63, 3.8) is 0 Å². The van der Waals surface area contributed by atoms with Crippen LogP contribution in [0.5, 0.6) is 0 Å². The fourth-order valence-electron chi connectivity index (χ4n) is 3.27. The Kier molecular flexibility index (Phi) is 5.03. The number of sulfonamides is 1. The minimum atomic E-state index is -3.64. The summed E-state index contributed by atoms with van der Waals surface area (Å²) in [7, 11) is -0.502. The molecule has 7 nitrogen and oxygen atoms in total. The molecule has 1 aromatic heterocycles. The number of carbonyl (C=O) groups is 1. The van der Waals surface area contributed by atoms with Crippen LogP contribution in [0.3, 0.4) is 0 Å². The van der Waals surface area contributed by atoms with Crippen LogP contribution in [0.15, 0.2) is 35.4 Å². The van der Waals surface area contributed by atoms with Crippen LogP contribution in [-0.2, 0) is 14.8 Å². The molecule has 134 valence electrons. The maximum Gasteiger partial charge on any atom is 0.357 e. The minimum absolute atomic E-state index is 0.117. The maximum absolute atomic E-state index is 13.1. The topological polar surface area (TPSA) is 88.6 Å². The first-order valence-electron chi connectivity index (χ1n) is 8.10. The van der Waals surface area contributed by atoms with Gasteiger partial charge in [0, 0.05) is 30.1 Å². The first-order valence-corrected chi connectivity index (χ1v) is 9.54. The zero-order chi connectivity index (χ0) is 18.0. The van der Waals surface area contributed by atoms with E-state index in [-0.39, 0.29) is 10.6 Å². The normalized spacial score (nSPS) is 18.6. The molecule has 2 aromatic rings. The molecule has 1 saturated heterocycles. The Balaban J connectivity index is 2.05. The van der Waals surface area contributed by atoms with E-state index in [1.165, 1.54) is 17.6 Å². The fourth-order valence-corrected chi connectivity index (χ4v) is 5.01. The summed E-state index contributed by atoms with van der Waals surface area (Å²) >= 11 is 0. The summed E-state index contributed by atoms with van der Waals surface area (Å²) < 4.78 is 32.5. The van der Waals surface area contributed by atoms with Gasteiger partial charge in [-0.05, 0) is 38.1 Å². The number of hydrogen-bond donors (Lipinski definition) is 1. The quantitative estimate of drug-likeness (QED) is 0.805. The minimum Gasteiger partial charge on any atom is -0.464 e. The number of aromatic nitrogens is 1. The van der Waals surface area contributed by atoms with Crippen molar-refractivity contribution in [2.45, 2.75) is 11.3 Å². The molecule has 3 rings (SSSR count). The summed E-state index contributed by atoms with van der Waals surface area (Å²) in [6, 6.07) is 6.51. The van der Waals surface area contributed by atoms with Gasteiger partial charge in [-0.1, -0.05) is 12.1 Å². The number of hydrogen-bond acceptors (Lipinski definition) is 6. The molecule has 0 aliphatic carbocycles. The highest BCUT2D eigenvalue weighted by atomic mass is 32.2. The van der Waals surface area contributed by atoms with Crippen LogP contribution in [0.2, 0.25) is 0 Å². The molecule has 1 aliphatic rings. The third-order valence-electron chi connectivity index (χ3n) is 4.50. The van der Waals surface area contributed by atoms with Crippen molar-refractivity contribution in [3.8, 4) is 0 Å². The van der Waals surface area contributed by atoms with Gasteiger partial charge < -0.3 is 10.1 Å². The lowest BCUT2D eigenvalue weighted by Crippen LogP contribution is -2.30. The van der Waals surface area contributed by atoms with E-state index < -0.39 is 16.0 Å². The highest BCUT2D eigenvalue weighted by Crippen LogP contribution is 2.30. The Morgan fingerprint density at radius 3 is 2.88 bits per heavy atom. The molecule has 25 heavy (non-hydrogen) atoms. The molecule has 0 radical (unpaired) electrons. The van der Waals surface area contributed by atoms with Gasteiger partial charge in [0.1, 0.15) is 0 Å². The van der Waals surface area contributed by atoms with Gasteiger partial charge in [0.25, 0.3) is 0 Å². The zero-order valence-electron chi connectivity index (χ0n) is 14.2. The first-order chi connectivity index (χ1) is 12.0. The lowest BCUT2D eigenvalue weighted by atomic mass is 10.1. The largest absolute Gasteiger partial charge is 0.464 e. The average molecular weight is 363 g/mol. The number of nitrogens with zero attached hydrogens (tertiary/aromatic N) is 2. The zero-order valence-corrected chi connectivity index (χ0v) is 15.0. The highest BCUT2D eigenvalue weighted by molar-refractivity contribution is 7.89. The second-order valence-corrected chi connectivity index (χ2v) is 7.98. The monoisotopic (exact) mass is 363 g/mol. The molecular formula is C17H21N3O4S. The number of methoxy groups -OCH3 is 1. The van der Waals surface area contributed by atoms with Crippen LogP contribution in [0.25, 0.3) is 10.8 Å². The van der Waals surface area contributed by atoms with Crippen molar-refractivity contribution in [2.75, 3.05) is 33.8 Å². The van der Waals surface area contributed by atoms with Crippen molar-refractivity contribution >= 4 is 26.8 Å². The van der Waals surface area contributed by atoms with Gasteiger partial charge in [-0.25, -0.2) is 18.2 Å². The Bertz CT molecular complexity index is 898. The fraction of sp³-hybridized carbons (Fsp3) is 0.412. The molecule has 0 amide bonds. The molecule has 0 spiro atoms. The van der Waals surface area contributed by atoms with Gasteiger partial charge in [0.05, 0.1) is 12.0 Å². The summed E-state index contributed by atoms with van der Waals surface area (Å²) in [5.41, 5.74) is 0.117. The number of fused-ring (bicyclic) bond motifs is 1. The summed E-state index contributed by atoms with van der Waals surface area (Å²) in [6.45, 7) is 1.78. The molecule has 1 fully saturated rings. The molecule has 2 heterocycles. The summed E-state index contributed by atoms with van der Waals surface area (Å²) in [6.07, 6.45) is 2.27. The lowest BCUT2D eigenvalue weighted by Gasteiger charge is -2.18. The number of benzene rings is 1. The number of nitrogens with one attached hydrogen (secondary N) is 1. The maximum atomic E-state index is 13.1. The van der Waals surface area contributed by atoms with Crippen molar-refractivity contribution in [1.29, 1.82) is 0 Å². The lowest BCUT2D eigenvalue weighted by molar-refractivity contribution is 0.0596. The Hall–Kier alpha value is -2.03. The second kappa shape index (κ2) is 7.07. The van der Waals surface area contributed by atoms with Crippen molar-refractivity contribution < 1.29 is 17.9 Å². The van der Waals surface area contributed by atoms with E-state index in [9.17, 15) is 13.2 Å². The average Bonchev–Trinajstić information content (AvgIpc) is 3.10. The summed E-state index contributed by atoms with van der Waals surface area (Å²) in [4.78, 5) is 16.1. The smallest absolute Gasteiger partial charge is 0.357 e. The van der Waals surface area contributed by atoms with Crippen LogP contribution in [0.1, 0.15) is 16.9 Å². The van der Waals surface area contributed by atoms with Crippen LogP contribution >= 0.6 is 0 Å². The van der Waals surface area contributed by atoms with Crippen LogP contribution in [0.4, 0.5) is 0 Å². The van der Waals surface area contributed by atoms with E-state index >= 15 is 0 Å². The molecule has 8 heteroatoms. The van der Waals surface area contributed by atoms with Gasteiger partial charge in [-0.2, -0.15) is 4.31 Å². The number of rotatable bonds is 5. The molecule has 0 saturated carbocycles. The Labute approximate surface area is 147 Å². The van der Waals surface area contributed by atoms with E-state index in [1.54, 1.807) is 24.3 Å². The predicted octanol–water partition coefficient (Wildman–Crippen LogP) is 1.25. The van der Waals surface area contributed by atoms with Crippen LogP contribution < -0.4 is 5.32 Å². The molecule has 1 unspecified atom stereocenters. The summed E-state index contributed by atoms with van der Waals surface area (Å²) in [5.74, 6) is -0.280. The van der Waals surface area contributed by atoms with E-state index in [1.807, 2.05) is 7.05 Å². The second-order valence-electron chi connectivity index (χ2n) is 6.08. The summed E-state index contributed by atoms with van der Waals surface area (Å²) in [5, 5.41) is 4.05. The van der Waals surface area contributed by atoms with Gasteiger partial charge in [0.15, 0.2) is 5.69 Å². The molecular weight excluding hydrogens is 342 g/mol. The van der Waals surface area contributed by atoms with Crippen LogP contribution in [-0.4, -0.2) is 57.5 Å². The van der Waals surface area contributed by atoms with Gasteiger partial charge in [-0.3, -0.25) is 0 Å². The van der Waals surface area contributed by atoms with Crippen LogP contribution in [0, 0.1) is 5.92 Å². The van der Waals surface area contributed by atoms with E-state index in [0.29, 0.717) is 29.8 Å². The molecule has 1 atom stereocenters. The van der Waals surface area contributed by atoms with Crippen molar-refractivity contribution in [2.24, 2.45) is 5.92 Å². The first kappa shape index (κ1) is 17.8.